The SMILES string of the molecule is COc1ccc(NC(=O)CN2CCN(S(=O)(=O)N(C)C3CCCCC3)CC2)cc1. The van der Waals surface area contributed by atoms with Crippen LogP contribution in [-0.4, -0.2) is 80.8 Å². The Balaban J connectivity index is 1.47. The number of amides is 1. The first-order valence-corrected chi connectivity index (χ1v) is 11.7. The standard InChI is InChI=1S/C20H32N4O4S/c1-22(18-6-4-3-5-7-18)29(26,27)24-14-12-23(13-15-24)16-20(25)21-17-8-10-19(28-2)11-9-17/h8-11,18H,3-7,12-16H2,1-2H3,(H,21,25). The predicted octanol–water partition coefficient (Wildman–Crippen LogP) is 1.76. The van der Waals surface area contributed by atoms with Gasteiger partial charge in [0.05, 0.1) is 13.7 Å². The average molecular weight is 425 g/mol. The maximum Gasteiger partial charge on any atom is 0.282 e. The molecule has 1 amide bonds. The zero-order valence-electron chi connectivity index (χ0n) is 17.3. The Bertz CT molecular complexity index is 770. The van der Waals surface area contributed by atoms with Crippen molar-refractivity contribution < 1.29 is 17.9 Å². The third kappa shape index (κ3) is 5.69. The van der Waals surface area contributed by atoms with Gasteiger partial charge in [-0.2, -0.15) is 17.0 Å². The first-order valence-electron chi connectivity index (χ1n) is 10.3. The molecule has 162 valence electrons. The number of nitrogens with one attached hydrogen (secondary N) is 1. The minimum Gasteiger partial charge on any atom is -0.497 e. The zero-order chi connectivity index (χ0) is 20.9. The van der Waals surface area contributed by atoms with Gasteiger partial charge in [-0.3, -0.25) is 9.69 Å². The molecule has 1 N–H and O–H groups in total. The fourth-order valence-corrected chi connectivity index (χ4v) is 5.59. The van der Waals surface area contributed by atoms with Gasteiger partial charge in [0.15, 0.2) is 0 Å². The van der Waals surface area contributed by atoms with Crippen molar-refractivity contribution in [3.63, 3.8) is 0 Å². The van der Waals surface area contributed by atoms with Crippen molar-refractivity contribution in [2.24, 2.45) is 0 Å². The monoisotopic (exact) mass is 424 g/mol. The van der Waals surface area contributed by atoms with Gasteiger partial charge in [-0.25, -0.2) is 0 Å². The molecule has 0 radical (unpaired) electrons. The van der Waals surface area contributed by atoms with Crippen molar-refractivity contribution in [1.29, 1.82) is 0 Å². The van der Waals surface area contributed by atoms with Gasteiger partial charge in [-0.1, -0.05) is 19.3 Å². The number of ether oxygens (including phenoxy) is 1. The van der Waals surface area contributed by atoms with Crippen LogP contribution in [0.2, 0.25) is 0 Å². The molecule has 0 atom stereocenters. The first-order chi connectivity index (χ1) is 13.9. The summed E-state index contributed by atoms with van der Waals surface area (Å²) in [5, 5.41) is 2.87. The summed E-state index contributed by atoms with van der Waals surface area (Å²) in [6.07, 6.45) is 5.29. The third-order valence-electron chi connectivity index (χ3n) is 5.85. The van der Waals surface area contributed by atoms with Crippen LogP contribution in [0.1, 0.15) is 32.1 Å². The molecule has 3 rings (SSSR count). The summed E-state index contributed by atoms with van der Waals surface area (Å²) in [6, 6.07) is 7.29. The number of anilines is 1. The largest absolute Gasteiger partial charge is 0.497 e. The quantitative estimate of drug-likeness (QED) is 0.721. The minimum atomic E-state index is -3.44. The van der Waals surface area contributed by atoms with Crippen molar-refractivity contribution in [2.75, 3.05) is 52.2 Å². The molecule has 0 aromatic heterocycles. The summed E-state index contributed by atoms with van der Waals surface area (Å²) in [6.45, 7) is 2.17. The van der Waals surface area contributed by atoms with Gasteiger partial charge in [-0.15, -0.1) is 0 Å². The summed E-state index contributed by atoms with van der Waals surface area (Å²) in [4.78, 5) is 14.3. The van der Waals surface area contributed by atoms with E-state index < -0.39 is 10.2 Å². The van der Waals surface area contributed by atoms with Crippen LogP contribution in [0.5, 0.6) is 5.75 Å². The average Bonchev–Trinajstić information content (AvgIpc) is 2.74. The Morgan fingerprint density at radius 1 is 1.10 bits per heavy atom. The molecular weight excluding hydrogens is 392 g/mol. The Hall–Kier alpha value is -1.68. The molecule has 1 aromatic rings. The molecular formula is C20H32N4O4S. The number of methoxy groups -OCH3 is 1. The molecule has 1 aliphatic heterocycles. The topological polar surface area (TPSA) is 82.2 Å². The van der Waals surface area contributed by atoms with Gasteiger partial charge in [0.1, 0.15) is 5.75 Å². The molecule has 9 heteroatoms. The molecule has 2 aliphatic rings. The molecule has 8 nitrogen and oxygen atoms in total. The molecule has 1 heterocycles. The Morgan fingerprint density at radius 2 is 1.72 bits per heavy atom. The van der Waals surface area contributed by atoms with E-state index in [0.29, 0.717) is 31.9 Å². The number of piperazine rings is 1. The second-order valence-corrected chi connectivity index (χ2v) is 9.76. The molecule has 1 aliphatic carbocycles. The highest BCUT2D eigenvalue weighted by atomic mass is 32.2. The van der Waals surface area contributed by atoms with Crippen molar-refractivity contribution in [2.45, 2.75) is 38.1 Å². The van der Waals surface area contributed by atoms with Crippen LogP contribution in [0.3, 0.4) is 0 Å². The normalized spacial score (nSPS) is 20.0. The van der Waals surface area contributed by atoms with E-state index in [2.05, 4.69) is 5.32 Å². The van der Waals surface area contributed by atoms with E-state index in [1.54, 1.807) is 47.0 Å². The molecule has 0 spiro atoms. The van der Waals surface area contributed by atoms with Crippen LogP contribution in [0.15, 0.2) is 24.3 Å². The van der Waals surface area contributed by atoms with Crippen molar-refractivity contribution in [3.05, 3.63) is 24.3 Å². The molecule has 0 unspecified atom stereocenters. The van der Waals surface area contributed by atoms with Gasteiger partial charge in [0, 0.05) is 45.0 Å². The second-order valence-electron chi connectivity index (χ2n) is 7.77. The van der Waals surface area contributed by atoms with Crippen molar-refractivity contribution >= 4 is 21.8 Å². The highest BCUT2D eigenvalue weighted by Gasteiger charge is 2.34. The lowest BCUT2D eigenvalue weighted by Crippen LogP contribution is -2.55. The van der Waals surface area contributed by atoms with Crippen LogP contribution in [0.4, 0.5) is 5.69 Å². The predicted molar refractivity (Wildman–Crippen MR) is 113 cm³/mol. The summed E-state index contributed by atoms with van der Waals surface area (Å²) in [5.74, 6) is 0.629. The number of carbonyl (C=O) groups excluding carboxylic acids is 1. The lowest BCUT2D eigenvalue weighted by Gasteiger charge is -2.38. The van der Waals surface area contributed by atoms with Crippen LogP contribution in [-0.2, 0) is 15.0 Å². The van der Waals surface area contributed by atoms with E-state index in [4.69, 9.17) is 4.74 Å². The van der Waals surface area contributed by atoms with Crippen LogP contribution in [0.25, 0.3) is 0 Å². The van der Waals surface area contributed by atoms with E-state index in [0.717, 1.165) is 31.4 Å². The highest BCUT2D eigenvalue weighted by Crippen LogP contribution is 2.25. The highest BCUT2D eigenvalue weighted by molar-refractivity contribution is 7.86. The Morgan fingerprint density at radius 3 is 2.31 bits per heavy atom. The zero-order valence-corrected chi connectivity index (χ0v) is 18.2. The number of nitrogens with zero attached hydrogens (tertiary/aromatic N) is 3. The lowest BCUT2D eigenvalue weighted by molar-refractivity contribution is -0.117. The maximum absolute atomic E-state index is 13.0. The maximum atomic E-state index is 13.0. The molecule has 29 heavy (non-hydrogen) atoms. The number of benzene rings is 1. The lowest BCUT2D eigenvalue weighted by atomic mass is 9.96. The van der Waals surface area contributed by atoms with E-state index >= 15 is 0 Å². The Kier molecular flexibility index (Phi) is 7.50. The molecule has 2 fully saturated rings. The molecule has 0 bridgehead atoms. The van der Waals surface area contributed by atoms with E-state index in [1.165, 1.54) is 6.42 Å². The Labute approximate surface area is 174 Å². The smallest absolute Gasteiger partial charge is 0.282 e. The number of hydrogen-bond donors (Lipinski definition) is 1. The minimum absolute atomic E-state index is 0.106. The third-order valence-corrected chi connectivity index (χ3v) is 7.90. The number of carbonyl (C=O) groups is 1. The van der Waals surface area contributed by atoms with Gasteiger partial charge >= 0.3 is 0 Å². The van der Waals surface area contributed by atoms with Gasteiger partial charge < -0.3 is 10.1 Å². The number of rotatable bonds is 7. The molecule has 1 saturated heterocycles. The van der Waals surface area contributed by atoms with E-state index in [1.807, 2.05) is 4.90 Å². The first kappa shape index (κ1) is 22.0. The summed E-state index contributed by atoms with van der Waals surface area (Å²) < 4.78 is 34.1. The van der Waals surface area contributed by atoms with Crippen molar-refractivity contribution in [3.8, 4) is 5.75 Å². The number of hydrogen-bond acceptors (Lipinski definition) is 5. The summed E-state index contributed by atoms with van der Waals surface area (Å²) in [5.41, 5.74) is 0.714. The fourth-order valence-electron chi connectivity index (χ4n) is 4.01. The second kappa shape index (κ2) is 9.88. The van der Waals surface area contributed by atoms with Gasteiger partial charge in [-0.05, 0) is 37.1 Å². The van der Waals surface area contributed by atoms with Crippen molar-refractivity contribution in [1.82, 2.24) is 13.5 Å². The summed E-state index contributed by atoms with van der Waals surface area (Å²) in [7, 11) is -0.135. The van der Waals surface area contributed by atoms with Gasteiger partial charge in [0.25, 0.3) is 10.2 Å². The fraction of sp³-hybridized carbons (Fsp3) is 0.650. The van der Waals surface area contributed by atoms with Gasteiger partial charge in [0.2, 0.25) is 5.91 Å². The van der Waals surface area contributed by atoms with Crippen LogP contribution >= 0.6 is 0 Å². The van der Waals surface area contributed by atoms with Crippen LogP contribution < -0.4 is 10.1 Å². The van der Waals surface area contributed by atoms with E-state index in [-0.39, 0.29) is 18.5 Å². The molecule has 1 aromatic carbocycles. The summed E-state index contributed by atoms with van der Waals surface area (Å²) >= 11 is 0. The van der Waals surface area contributed by atoms with Crippen LogP contribution in [0, 0.1) is 0 Å². The van der Waals surface area contributed by atoms with E-state index in [9.17, 15) is 13.2 Å². The molecule has 1 saturated carbocycles.